The van der Waals surface area contributed by atoms with Gasteiger partial charge in [-0.3, -0.25) is 0 Å². The molecule has 0 aliphatic heterocycles. The fourth-order valence-electron chi connectivity index (χ4n) is 3.89. The Hall–Kier alpha value is -3.17. The normalized spacial score (nSPS) is 12.0. The smallest absolute Gasteiger partial charge is 0.358 e. The number of imidazole rings is 1. The van der Waals surface area contributed by atoms with Crippen LogP contribution in [0.25, 0.3) is 11.0 Å². The van der Waals surface area contributed by atoms with E-state index < -0.39 is 12.0 Å². The van der Waals surface area contributed by atoms with Gasteiger partial charge in [0.2, 0.25) is 0 Å². The van der Waals surface area contributed by atoms with Gasteiger partial charge in [-0.2, -0.15) is 0 Å². The molecule has 0 radical (unpaired) electrons. The highest BCUT2D eigenvalue weighted by Gasteiger charge is 2.30. The van der Waals surface area contributed by atoms with E-state index in [9.17, 15) is 4.79 Å². The Balaban J connectivity index is 1.91. The number of esters is 1. The number of carbonyl (C=O) groups is 1. The first-order valence-corrected chi connectivity index (χ1v) is 11.9. The average Bonchev–Trinajstić information content (AvgIpc) is 3.34. The second-order valence-corrected chi connectivity index (χ2v) is 8.88. The molecule has 0 aliphatic rings. The number of aromatic nitrogens is 5. The zero-order valence-corrected chi connectivity index (χ0v) is 21.4. The third kappa shape index (κ3) is 4.58. The molecular weight excluding hydrogens is 520 g/mol. The first-order chi connectivity index (χ1) is 16.3. The average molecular weight is 544 g/mol. The van der Waals surface area contributed by atoms with E-state index in [4.69, 9.17) is 16.3 Å². The number of ether oxygens (including phenoxy) is 1. The number of allylic oxidation sites excluding steroid dienone is 1. The van der Waals surface area contributed by atoms with Crippen LogP contribution in [0.1, 0.15) is 40.3 Å². The maximum atomic E-state index is 12.9. The second-order valence-electron chi connectivity index (χ2n) is 7.74. The van der Waals surface area contributed by atoms with E-state index in [1.165, 1.54) is 0 Å². The number of nitrogens with zero attached hydrogens (tertiary/aromatic N) is 5. The Kier molecular flexibility index (Phi) is 7.04. The van der Waals surface area contributed by atoms with Gasteiger partial charge in [-0.25, -0.2) is 14.5 Å². The second kappa shape index (κ2) is 9.99. The quantitative estimate of drug-likeness (QED) is 0.235. The minimum Gasteiger partial charge on any atom is -0.461 e. The van der Waals surface area contributed by atoms with Crippen LogP contribution in [0.5, 0.6) is 0 Å². The number of rotatable bonds is 8. The number of carbonyl (C=O) groups excluding carboxylic acids is 1. The van der Waals surface area contributed by atoms with Gasteiger partial charge in [0.1, 0.15) is 5.52 Å². The molecule has 2 heterocycles. The number of halogens is 2. The Morgan fingerprint density at radius 3 is 2.74 bits per heavy atom. The molecule has 34 heavy (non-hydrogen) atoms. The topological polar surface area (TPSA) is 86.9 Å². The predicted octanol–water partition coefficient (Wildman–Crippen LogP) is 5.45. The molecule has 0 fully saturated rings. The fraction of sp³-hybridized carbons (Fsp3) is 0.250. The van der Waals surface area contributed by atoms with E-state index in [0.717, 1.165) is 27.8 Å². The molecule has 8 nitrogen and oxygen atoms in total. The van der Waals surface area contributed by atoms with Crippen molar-refractivity contribution in [2.24, 2.45) is 7.05 Å². The zero-order chi connectivity index (χ0) is 24.4. The molecular formula is C24H24BrClN6O2. The summed E-state index contributed by atoms with van der Waals surface area (Å²) in [5.74, 6) is -0.496. The highest BCUT2D eigenvalue weighted by molar-refractivity contribution is 9.10. The molecule has 0 bridgehead atoms. The highest BCUT2D eigenvalue weighted by Crippen LogP contribution is 2.34. The molecule has 0 amide bonds. The van der Waals surface area contributed by atoms with Crippen LogP contribution in [0.3, 0.4) is 0 Å². The molecule has 1 N–H and O–H groups in total. The standard InChI is InChI=1S/C24H24BrClN6O2/c1-5-11-32-22(21(28-24(32)25)23(33)34-6-2)20(15-7-9-16(26)10-8-15)27-17-12-14(3)19-18(13-17)31(4)30-29-19/h5,7-10,12-13,20,27H,1,6,11H2,2-4H3. The largest absolute Gasteiger partial charge is 0.461 e. The first-order valence-electron chi connectivity index (χ1n) is 10.7. The van der Waals surface area contributed by atoms with Crippen LogP contribution >= 0.6 is 27.5 Å². The van der Waals surface area contributed by atoms with Crippen molar-refractivity contribution in [3.05, 3.63) is 81.3 Å². The molecule has 1 unspecified atom stereocenters. The van der Waals surface area contributed by atoms with Crippen molar-refractivity contribution >= 4 is 50.2 Å². The Morgan fingerprint density at radius 1 is 1.32 bits per heavy atom. The van der Waals surface area contributed by atoms with E-state index in [0.29, 0.717) is 22.0 Å². The summed E-state index contributed by atoms with van der Waals surface area (Å²) in [4.78, 5) is 17.4. The van der Waals surface area contributed by atoms with Crippen molar-refractivity contribution in [2.45, 2.75) is 26.4 Å². The summed E-state index contributed by atoms with van der Waals surface area (Å²) in [6.07, 6.45) is 1.75. The Morgan fingerprint density at radius 2 is 2.06 bits per heavy atom. The summed E-state index contributed by atoms with van der Waals surface area (Å²) in [6.45, 7) is 8.30. The van der Waals surface area contributed by atoms with E-state index in [-0.39, 0.29) is 12.3 Å². The fourth-order valence-corrected chi connectivity index (χ4v) is 4.53. The third-order valence-corrected chi connectivity index (χ3v) is 6.29. The van der Waals surface area contributed by atoms with Crippen LogP contribution < -0.4 is 5.32 Å². The van der Waals surface area contributed by atoms with Crippen LogP contribution in [-0.2, 0) is 18.3 Å². The van der Waals surface area contributed by atoms with Gasteiger partial charge >= 0.3 is 5.97 Å². The number of hydrogen-bond acceptors (Lipinski definition) is 6. The molecule has 0 saturated heterocycles. The van der Waals surface area contributed by atoms with E-state index >= 15 is 0 Å². The summed E-state index contributed by atoms with van der Waals surface area (Å²) in [7, 11) is 1.85. The third-order valence-electron chi connectivity index (χ3n) is 5.44. The van der Waals surface area contributed by atoms with Gasteiger partial charge in [-0.1, -0.05) is 35.0 Å². The summed E-state index contributed by atoms with van der Waals surface area (Å²) in [5, 5.41) is 12.6. The molecule has 2 aromatic heterocycles. The van der Waals surface area contributed by atoms with Crippen LogP contribution in [0.2, 0.25) is 5.02 Å². The summed E-state index contributed by atoms with van der Waals surface area (Å²) in [5.41, 5.74) is 5.32. The van der Waals surface area contributed by atoms with Gasteiger partial charge in [0.25, 0.3) is 0 Å². The Labute approximate surface area is 210 Å². The lowest BCUT2D eigenvalue weighted by Crippen LogP contribution is -2.21. The van der Waals surface area contributed by atoms with Crippen molar-refractivity contribution in [1.82, 2.24) is 24.5 Å². The minimum atomic E-state index is -0.496. The van der Waals surface area contributed by atoms with E-state index in [2.05, 4.69) is 43.1 Å². The Bertz CT molecular complexity index is 1360. The van der Waals surface area contributed by atoms with Crippen LogP contribution in [-0.4, -0.2) is 37.1 Å². The number of aryl methyl sites for hydroxylation is 2. The number of hydrogen-bond donors (Lipinski definition) is 1. The molecule has 0 aliphatic carbocycles. The minimum absolute atomic E-state index is 0.225. The zero-order valence-electron chi connectivity index (χ0n) is 19.0. The number of fused-ring (bicyclic) bond motifs is 1. The van der Waals surface area contributed by atoms with Crippen molar-refractivity contribution in [3.63, 3.8) is 0 Å². The summed E-state index contributed by atoms with van der Waals surface area (Å²) in [6, 6.07) is 11.0. The van der Waals surface area contributed by atoms with Crippen molar-refractivity contribution in [3.8, 4) is 0 Å². The van der Waals surface area contributed by atoms with Crippen LogP contribution in [0, 0.1) is 6.92 Å². The van der Waals surface area contributed by atoms with Gasteiger partial charge < -0.3 is 14.6 Å². The predicted molar refractivity (Wildman–Crippen MR) is 136 cm³/mol. The van der Waals surface area contributed by atoms with Crippen LogP contribution in [0.4, 0.5) is 5.69 Å². The molecule has 4 rings (SSSR count). The summed E-state index contributed by atoms with van der Waals surface area (Å²) >= 11 is 9.67. The monoisotopic (exact) mass is 542 g/mol. The molecule has 2 aromatic carbocycles. The van der Waals surface area contributed by atoms with Gasteiger partial charge in [0, 0.05) is 24.3 Å². The molecule has 0 saturated carbocycles. The molecule has 0 spiro atoms. The van der Waals surface area contributed by atoms with Gasteiger partial charge in [0.15, 0.2) is 10.4 Å². The van der Waals surface area contributed by atoms with Crippen molar-refractivity contribution in [2.75, 3.05) is 11.9 Å². The van der Waals surface area contributed by atoms with Gasteiger partial charge in [-0.05, 0) is 65.2 Å². The van der Waals surface area contributed by atoms with Gasteiger partial charge in [-0.15, -0.1) is 11.7 Å². The summed E-state index contributed by atoms with van der Waals surface area (Å²) < 4.78 is 9.45. The highest BCUT2D eigenvalue weighted by atomic mass is 79.9. The maximum Gasteiger partial charge on any atom is 0.358 e. The molecule has 1 atom stereocenters. The molecule has 4 aromatic rings. The van der Waals surface area contributed by atoms with Crippen molar-refractivity contribution < 1.29 is 9.53 Å². The first kappa shape index (κ1) is 24.0. The number of nitrogens with one attached hydrogen (secondary N) is 1. The number of benzene rings is 2. The molecule has 10 heteroatoms. The van der Waals surface area contributed by atoms with E-state index in [1.54, 1.807) is 17.7 Å². The lowest BCUT2D eigenvalue weighted by Gasteiger charge is -2.23. The van der Waals surface area contributed by atoms with Crippen LogP contribution in [0.15, 0.2) is 53.8 Å². The number of anilines is 1. The SMILES string of the molecule is C=CCn1c(Br)nc(C(=O)OCC)c1C(Nc1cc(C)c2nnn(C)c2c1)c1ccc(Cl)cc1. The lowest BCUT2D eigenvalue weighted by atomic mass is 10.0. The van der Waals surface area contributed by atoms with Crippen molar-refractivity contribution in [1.29, 1.82) is 0 Å². The molecule has 176 valence electrons. The lowest BCUT2D eigenvalue weighted by molar-refractivity contribution is 0.0518. The van der Waals surface area contributed by atoms with Gasteiger partial charge in [0.05, 0.1) is 23.9 Å². The maximum absolute atomic E-state index is 12.9. The van der Waals surface area contributed by atoms with E-state index in [1.807, 2.05) is 54.9 Å².